The lowest BCUT2D eigenvalue weighted by atomic mass is 9.93. The molecule has 0 spiro atoms. The summed E-state index contributed by atoms with van der Waals surface area (Å²) in [6.45, 7) is 0.545. The zero-order valence-corrected chi connectivity index (χ0v) is 26.1. The minimum Gasteiger partial charge on any atom is -0.490 e. The number of fused-ring (bicyclic) bond motifs is 3. The first-order chi connectivity index (χ1) is 22.2. The lowest BCUT2D eigenvalue weighted by Gasteiger charge is -2.33. The number of allylic oxidation sites excluding steroid dienone is 1. The number of amides is 3. The van der Waals surface area contributed by atoms with Gasteiger partial charge in [-0.1, -0.05) is 42.5 Å². The molecule has 2 saturated carbocycles. The maximum Gasteiger partial charge on any atom is 0.409 e. The number of hydrazine groups is 1. The number of aromatic nitrogens is 1. The summed E-state index contributed by atoms with van der Waals surface area (Å²) in [4.78, 5) is 56.4. The smallest absolute Gasteiger partial charge is 0.409 e. The summed E-state index contributed by atoms with van der Waals surface area (Å²) in [7, 11) is 3.67. The van der Waals surface area contributed by atoms with Gasteiger partial charge in [-0.2, -0.15) is 0 Å². The lowest BCUT2D eigenvalue weighted by molar-refractivity contribution is -0.153. The third-order valence-electron chi connectivity index (χ3n) is 9.22. The zero-order valence-electron chi connectivity index (χ0n) is 26.1. The van der Waals surface area contributed by atoms with Gasteiger partial charge in [-0.15, -0.1) is 0 Å². The lowest BCUT2D eigenvalue weighted by Crippen LogP contribution is -2.50. The standard InChI is InChI=1S/C35H39N5O6/c1-39(2)40-15-9-4-3-8-12-23-20-35(23,21-41)38-32(42)27-16-25(17-28(27)33(40)43)45-31-19-29(22-10-6-5-7-11-22)37-30-18-24(46-34(36)44)13-14-26(30)31/h5-8,10-14,18-19,21,23,25,27-28H,3-4,9,15-17,20H2,1-2H3,(H2,36,44)(H,38,42)/b12-8+. The quantitative estimate of drug-likeness (QED) is 0.306. The Hall–Kier alpha value is -4.77. The van der Waals surface area contributed by atoms with Gasteiger partial charge in [0.2, 0.25) is 11.8 Å². The van der Waals surface area contributed by atoms with Crippen LogP contribution in [0.3, 0.4) is 0 Å². The fourth-order valence-electron chi connectivity index (χ4n) is 6.70. The third kappa shape index (κ3) is 6.46. The molecule has 2 aromatic carbocycles. The van der Waals surface area contributed by atoms with Crippen molar-refractivity contribution in [3.05, 3.63) is 66.7 Å². The largest absolute Gasteiger partial charge is 0.490 e. The van der Waals surface area contributed by atoms with E-state index in [0.29, 0.717) is 48.2 Å². The predicted octanol–water partition coefficient (Wildman–Crippen LogP) is 4.25. The first kappa shape index (κ1) is 31.2. The van der Waals surface area contributed by atoms with E-state index in [2.05, 4.69) is 11.4 Å². The molecule has 11 heteroatoms. The van der Waals surface area contributed by atoms with Crippen molar-refractivity contribution in [2.75, 3.05) is 20.6 Å². The predicted molar refractivity (Wildman–Crippen MR) is 171 cm³/mol. The van der Waals surface area contributed by atoms with Crippen molar-refractivity contribution in [3.8, 4) is 22.8 Å². The number of nitrogens with zero attached hydrogens (tertiary/aromatic N) is 3. The van der Waals surface area contributed by atoms with Crippen molar-refractivity contribution in [2.24, 2.45) is 23.5 Å². The Morgan fingerprint density at radius 1 is 1.09 bits per heavy atom. The molecule has 6 rings (SSSR count). The van der Waals surface area contributed by atoms with Gasteiger partial charge in [0, 0.05) is 49.6 Å². The van der Waals surface area contributed by atoms with Gasteiger partial charge in [0.1, 0.15) is 29.4 Å². The Bertz CT molecular complexity index is 1680. The fourth-order valence-corrected chi connectivity index (χ4v) is 6.70. The van der Waals surface area contributed by atoms with Crippen molar-refractivity contribution in [3.63, 3.8) is 0 Å². The number of nitrogens with two attached hydrogens (primary N) is 1. The van der Waals surface area contributed by atoms with Gasteiger partial charge < -0.3 is 25.3 Å². The molecule has 3 amide bonds. The number of nitrogens with one attached hydrogen (secondary N) is 1. The Kier molecular flexibility index (Phi) is 8.77. The van der Waals surface area contributed by atoms with Crippen LogP contribution in [0.2, 0.25) is 0 Å². The number of carbonyl (C=O) groups excluding carboxylic acids is 4. The van der Waals surface area contributed by atoms with E-state index in [-0.39, 0.29) is 23.5 Å². The van der Waals surface area contributed by atoms with Crippen LogP contribution in [0.1, 0.15) is 38.5 Å². The van der Waals surface area contributed by atoms with Gasteiger partial charge >= 0.3 is 6.09 Å². The molecule has 3 aromatic rings. The zero-order chi connectivity index (χ0) is 32.4. The number of hydrogen-bond donors (Lipinski definition) is 2. The highest BCUT2D eigenvalue weighted by Crippen LogP contribution is 2.45. The monoisotopic (exact) mass is 625 g/mol. The van der Waals surface area contributed by atoms with E-state index < -0.39 is 29.6 Å². The van der Waals surface area contributed by atoms with E-state index in [4.69, 9.17) is 20.2 Å². The molecule has 2 heterocycles. The second-order valence-corrected chi connectivity index (χ2v) is 12.6. The number of carbonyl (C=O) groups is 4. The van der Waals surface area contributed by atoms with Crippen molar-refractivity contribution in [1.29, 1.82) is 0 Å². The molecule has 46 heavy (non-hydrogen) atoms. The first-order valence-electron chi connectivity index (χ1n) is 15.8. The van der Waals surface area contributed by atoms with Crippen LogP contribution >= 0.6 is 0 Å². The molecule has 0 radical (unpaired) electrons. The van der Waals surface area contributed by atoms with E-state index in [0.717, 1.165) is 31.1 Å². The van der Waals surface area contributed by atoms with Crippen molar-refractivity contribution in [2.45, 2.75) is 50.2 Å². The maximum atomic E-state index is 14.1. The number of primary amides is 1. The summed E-state index contributed by atoms with van der Waals surface area (Å²) < 4.78 is 11.8. The van der Waals surface area contributed by atoms with E-state index in [1.165, 1.54) is 0 Å². The molecule has 3 N–H and O–H groups in total. The molecule has 3 aliphatic rings. The molecule has 5 atom stereocenters. The molecule has 240 valence electrons. The normalized spacial score (nSPS) is 27.2. The molecular weight excluding hydrogens is 586 g/mol. The van der Waals surface area contributed by atoms with Crippen molar-refractivity contribution >= 4 is 35.1 Å². The van der Waals surface area contributed by atoms with Crippen LogP contribution in [-0.2, 0) is 14.4 Å². The van der Waals surface area contributed by atoms with Gasteiger partial charge in [-0.05, 0) is 50.7 Å². The molecule has 0 bridgehead atoms. The summed E-state index contributed by atoms with van der Waals surface area (Å²) >= 11 is 0. The van der Waals surface area contributed by atoms with E-state index in [1.54, 1.807) is 28.2 Å². The van der Waals surface area contributed by atoms with E-state index in [9.17, 15) is 19.2 Å². The number of ether oxygens (including phenoxy) is 2. The molecule has 2 aliphatic carbocycles. The van der Waals surface area contributed by atoms with Crippen LogP contribution < -0.4 is 20.5 Å². The van der Waals surface area contributed by atoms with Crippen LogP contribution in [-0.4, -0.2) is 71.5 Å². The van der Waals surface area contributed by atoms with E-state index in [1.807, 2.05) is 56.6 Å². The Morgan fingerprint density at radius 2 is 1.87 bits per heavy atom. The highest BCUT2D eigenvalue weighted by atomic mass is 16.5. The van der Waals surface area contributed by atoms with E-state index >= 15 is 0 Å². The second-order valence-electron chi connectivity index (χ2n) is 12.6. The number of rotatable bonds is 6. The van der Waals surface area contributed by atoms with Gasteiger partial charge in [0.25, 0.3) is 0 Å². The highest BCUT2D eigenvalue weighted by Gasteiger charge is 2.56. The van der Waals surface area contributed by atoms with Crippen LogP contribution in [0.15, 0.2) is 66.7 Å². The molecule has 11 nitrogen and oxygen atoms in total. The van der Waals surface area contributed by atoms with Crippen LogP contribution in [0.5, 0.6) is 11.5 Å². The summed E-state index contributed by atoms with van der Waals surface area (Å²) in [6, 6.07) is 16.4. The van der Waals surface area contributed by atoms with Crippen LogP contribution in [0.4, 0.5) is 4.79 Å². The van der Waals surface area contributed by atoms with Gasteiger partial charge in [-0.25, -0.2) is 14.8 Å². The summed E-state index contributed by atoms with van der Waals surface area (Å²) in [5.41, 5.74) is 6.35. The summed E-state index contributed by atoms with van der Waals surface area (Å²) in [5.74, 6) is -1.02. The van der Waals surface area contributed by atoms with Gasteiger partial charge in [-0.3, -0.25) is 14.6 Å². The summed E-state index contributed by atoms with van der Waals surface area (Å²) in [6.07, 6.45) is 7.29. The minimum atomic E-state index is -0.931. The van der Waals surface area contributed by atoms with Crippen LogP contribution in [0, 0.1) is 17.8 Å². The minimum absolute atomic E-state index is 0.0409. The van der Waals surface area contributed by atoms with Gasteiger partial charge in [0.15, 0.2) is 0 Å². The fraction of sp³-hybridized carbons (Fsp3) is 0.400. The average Bonchev–Trinajstić information content (AvgIpc) is 3.54. The number of pyridine rings is 1. The Morgan fingerprint density at radius 3 is 2.61 bits per heavy atom. The number of hydrogen-bond acceptors (Lipinski definition) is 8. The third-order valence-corrected chi connectivity index (χ3v) is 9.22. The SMILES string of the molecule is CN(C)N1CCCC/C=C/C2CC2(C=O)NC(=O)C2CC(Oc3cc(-c4ccccc4)nc4cc(OC(N)=O)ccc34)CC2C1=O. The molecule has 1 aliphatic heterocycles. The van der Waals surface area contributed by atoms with Crippen LogP contribution in [0.25, 0.3) is 22.2 Å². The maximum absolute atomic E-state index is 14.1. The highest BCUT2D eigenvalue weighted by molar-refractivity contribution is 5.92. The topological polar surface area (TPSA) is 144 Å². The molecule has 2 fully saturated rings. The second kappa shape index (κ2) is 12.9. The summed E-state index contributed by atoms with van der Waals surface area (Å²) in [5, 5.41) is 7.19. The number of benzene rings is 2. The van der Waals surface area contributed by atoms with Gasteiger partial charge in [0.05, 0.1) is 23.0 Å². The average molecular weight is 626 g/mol. The Labute approximate surface area is 267 Å². The molecule has 5 unspecified atom stereocenters. The van der Waals surface area contributed by atoms with Crippen molar-refractivity contribution < 1.29 is 28.7 Å². The van der Waals surface area contributed by atoms with Crippen molar-refractivity contribution in [1.82, 2.24) is 20.3 Å². The molecular formula is C35H39N5O6. The first-order valence-corrected chi connectivity index (χ1v) is 15.8. The number of aldehydes is 1. The molecule has 0 saturated heterocycles. The molecule has 1 aromatic heterocycles. The Balaban J connectivity index is 1.34.